The van der Waals surface area contributed by atoms with Crippen LogP contribution in [0.4, 0.5) is 9.52 Å². The lowest BCUT2D eigenvalue weighted by atomic mass is 10.1. The smallest absolute Gasteiger partial charge is 0.269 e. The number of carbonyl (C=O) groups is 1. The maximum absolute atomic E-state index is 13.0. The molecule has 6 nitrogen and oxygen atoms in total. The molecule has 3 aromatic rings. The average Bonchev–Trinajstić information content (AvgIpc) is 3.32. The average molecular weight is 400 g/mol. The van der Waals surface area contributed by atoms with E-state index in [1.807, 2.05) is 23.6 Å². The van der Waals surface area contributed by atoms with Crippen LogP contribution in [0.3, 0.4) is 0 Å². The molecule has 2 heterocycles. The van der Waals surface area contributed by atoms with Gasteiger partial charge in [-0.3, -0.25) is 10.1 Å². The summed E-state index contributed by atoms with van der Waals surface area (Å²) in [7, 11) is 0. The molecular weight excluding hydrogens is 383 g/mol. The van der Waals surface area contributed by atoms with E-state index >= 15 is 0 Å². The Morgan fingerprint density at radius 1 is 1.18 bits per heavy atom. The summed E-state index contributed by atoms with van der Waals surface area (Å²) in [4.78, 5) is 17.1. The summed E-state index contributed by atoms with van der Waals surface area (Å²) in [5, 5.41) is 5.07. The molecular formula is C20H17FN2O4S. The number of anilines is 1. The predicted octanol–water partition coefficient (Wildman–Crippen LogP) is 4.47. The van der Waals surface area contributed by atoms with E-state index in [0.29, 0.717) is 22.4 Å². The van der Waals surface area contributed by atoms with E-state index in [4.69, 9.17) is 14.2 Å². The largest absolute Gasteiger partial charge is 0.478 e. The number of ether oxygens (including phenoxy) is 3. The second-order valence-corrected chi connectivity index (χ2v) is 7.48. The van der Waals surface area contributed by atoms with Gasteiger partial charge in [-0.1, -0.05) is 0 Å². The number of aromatic nitrogens is 1. The van der Waals surface area contributed by atoms with Crippen LogP contribution in [0.5, 0.6) is 17.2 Å². The molecule has 0 fully saturated rings. The highest BCUT2D eigenvalue weighted by atomic mass is 32.1. The third-order valence-electron chi connectivity index (χ3n) is 4.13. The SMILES string of the molecule is CC(C)(Oc1ccc(F)cc1)C(=O)Nc1nc(-c2ccc3c(c2)OCO3)cs1. The molecule has 0 saturated carbocycles. The number of halogens is 1. The van der Waals surface area contributed by atoms with Crippen molar-refractivity contribution in [2.24, 2.45) is 0 Å². The number of nitrogens with one attached hydrogen (secondary N) is 1. The van der Waals surface area contributed by atoms with Crippen LogP contribution >= 0.6 is 11.3 Å². The van der Waals surface area contributed by atoms with Gasteiger partial charge in [-0.15, -0.1) is 11.3 Å². The Hall–Kier alpha value is -3.13. The molecule has 1 aliphatic heterocycles. The van der Waals surface area contributed by atoms with Crippen LogP contribution in [-0.2, 0) is 4.79 Å². The number of hydrogen-bond donors (Lipinski definition) is 1. The Labute approximate surface area is 164 Å². The standard InChI is InChI=1S/C20H17FN2O4S/c1-20(2,27-14-6-4-13(21)5-7-14)18(24)23-19-22-15(10-28-19)12-3-8-16-17(9-12)26-11-25-16/h3-10H,11H2,1-2H3,(H,22,23,24). The van der Waals surface area contributed by atoms with E-state index in [-0.39, 0.29) is 18.5 Å². The molecule has 8 heteroatoms. The molecule has 0 saturated heterocycles. The number of fused-ring (bicyclic) bond motifs is 1. The third kappa shape index (κ3) is 3.77. The van der Waals surface area contributed by atoms with Crippen LogP contribution in [0, 0.1) is 5.82 Å². The summed E-state index contributed by atoms with van der Waals surface area (Å²) < 4.78 is 29.4. The molecule has 0 aliphatic carbocycles. The number of amides is 1. The van der Waals surface area contributed by atoms with Crippen molar-refractivity contribution in [2.75, 3.05) is 12.1 Å². The molecule has 1 aliphatic rings. The predicted molar refractivity (Wildman–Crippen MR) is 103 cm³/mol. The Morgan fingerprint density at radius 2 is 1.93 bits per heavy atom. The van der Waals surface area contributed by atoms with Gasteiger partial charge in [0.2, 0.25) is 6.79 Å². The van der Waals surface area contributed by atoms with Gasteiger partial charge in [0.05, 0.1) is 5.69 Å². The number of rotatable bonds is 5. The van der Waals surface area contributed by atoms with Crippen molar-refractivity contribution in [2.45, 2.75) is 19.4 Å². The maximum Gasteiger partial charge on any atom is 0.269 e. The third-order valence-corrected chi connectivity index (χ3v) is 4.88. The lowest BCUT2D eigenvalue weighted by molar-refractivity contribution is -0.128. The van der Waals surface area contributed by atoms with Crippen LogP contribution in [0.25, 0.3) is 11.3 Å². The van der Waals surface area contributed by atoms with Gasteiger partial charge < -0.3 is 14.2 Å². The lowest BCUT2D eigenvalue weighted by Gasteiger charge is -2.24. The minimum absolute atomic E-state index is 0.209. The zero-order valence-electron chi connectivity index (χ0n) is 15.2. The molecule has 0 unspecified atom stereocenters. The fourth-order valence-electron chi connectivity index (χ4n) is 2.61. The van der Waals surface area contributed by atoms with Crippen LogP contribution in [-0.4, -0.2) is 23.3 Å². The summed E-state index contributed by atoms with van der Waals surface area (Å²) in [5.41, 5.74) is 0.418. The molecule has 28 heavy (non-hydrogen) atoms. The second kappa shape index (κ2) is 7.12. The molecule has 4 rings (SSSR count). The highest BCUT2D eigenvalue weighted by Gasteiger charge is 2.31. The summed E-state index contributed by atoms with van der Waals surface area (Å²) in [6.07, 6.45) is 0. The molecule has 0 spiro atoms. The first-order valence-corrected chi connectivity index (χ1v) is 9.40. The minimum atomic E-state index is -1.16. The van der Waals surface area contributed by atoms with Gasteiger partial charge in [-0.2, -0.15) is 0 Å². The number of nitrogens with zero attached hydrogens (tertiary/aromatic N) is 1. The number of hydrogen-bond acceptors (Lipinski definition) is 6. The number of benzene rings is 2. The fraction of sp³-hybridized carbons (Fsp3) is 0.200. The van der Waals surface area contributed by atoms with E-state index < -0.39 is 5.60 Å². The Bertz CT molecular complexity index is 1020. The Kier molecular flexibility index (Phi) is 4.64. The molecule has 144 valence electrons. The van der Waals surface area contributed by atoms with Crippen LogP contribution in [0.15, 0.2) is 47.8 Å². The van der Waals surface area contributed by atoms with E-state index in [2.05, 4.69) is 10.3 Å². The fourth-order valence-corrected chi connectivity index (χ4v) is 3.33. The molecule has 0 atom stereocenters. The zero-order chi connectivity index (χ0) is 19.7. The first kappa shape index (κ1) is 18.2. The van der Waals surface area contributed by atoms with Crippen molar-refractivity contribution >= 4 is 22.4 Å². The van der Waals surface area contributed by atoms with Gasteiger partial charge in [0.1, 0.15) is 11.6 Å². The lowest BCUT2D eigenvalue weighted by Crippen LogP contribution is -2.42. The molecule has 0 bridgehead atoms. The van der Waals surface area contributed by atoms with Crippen LogP contribution in [0.2, 0.25) is 0 Å². The Morgan fingerprint density at radius 3 is 2.71 bits per heavy atom. The van der Waals surface area contributed by atoms with Gasteiger partial charge in [-0.25, -0.2) is 9.37 Å². The normalized spacial score (nSPS) is 12.7. The molecule has 1 N–H and O–H groups in total. The highest BCUT2D eigenvalue weighted by molar-refractivity contribution is 7.14. The molecule has 1 aromatic heterocycles. The quantitative estimate of drug-likeness (QED) is 0.684. The summed E-state index contributed by atoms with van der Waals surface area (Å²) in [5.74, 6) is 1.05. The summed E-state index contributed by atoms with van der Waals surface area (Å²) in [6, 6.07) is 11.1. The van der Waals surface area contributed by atoms with Gasteiger partial charge in [-0.05, 0) is 56.3 Å². The first-order valence-electron chi connectivity index (χ1n) is 8.52. The number of carbonyl (C=O) groups excluding carboxylic acids is 1. The first-order chi connectivity index (χ1) is 13.4. The monoisotopic (exact) mass is 400 g/mol. The van der Waals surface area contributed by atoms with Crippen molar-refractivity contribution in [3.05, 3.63) is 53.7 Å². The minimum Gasteiger partial charge on any atom is -0.478 e. The Balaban J connectivity index is 1.45. The van der Waals surface area contributed by atoms with Gasteiger partial charge >= 0.3 is 0 Å². The van der Waals surface area contributed by atoms with E-state index in [0.717, 1.165) is 11.3 Å². The maximum atomic E-state index is 13.0. The molecule has 0 radical (unpaired) electrons. The van der Waals surface area contributed by atoms with Crippen molar-refractivity contribution in [3.63, 3.8) is 0 Å². The highest BCUT2D eigenvalue weighted by Crippen LogP contribution is 2.36. The second-order valence-electron chi connectivity index (χ2n) is 6.63. The van der Waals surface area contributed by atoms with E-state index in [9.17, 15) is 9.18 Å². The van der Waals surface area contributed by atoms with Gasteiger partial charge in [0, 0.05) is 10.9 Å². The van der Waals surface area contributed by atoms with Crippen molar-refractivity contribution in [1.82, 2.24) is 4.98 Å². The van der Waals surface area contributed by atoms with Crippen molar-refractivity contribution < 1.29 is 23.4 Å². The van der Waals surface area contributed by atoms with E-state index in [1.165, 1.54) is 35.6 Å². The van der Waals surface area contributed by atoms with Crippen molar-refractivity contribution in [1.29, 1.82) is 0 Å². The zero-order valence-corrected chi connectivity index (χ0v) is 16.0. The van der Waals surface area contributed by atoms with Crippen LogP contribution < -0.4 is 19.5 Å². The summed E-state index contributed by atoms with van der Waals surface area (Å²) in [6.45, 7) is 3.48. The molecule has 2 aromatic carbocycles. The van der Waals surface area contributed by atoms with Gasteiger partial charge in [0.15, 0.2) is 22.2 Å². The van der Waals surface area contributed by atoms with E-state index in [1.54, 1.807) is 13.8 Å². The van der Waals surface area contributed by atoms with Gasteiger partial charge in [0.25, 0.3) is 5.91 Å². The number of thiazole rings is 1. The topological polar surface area (TPSA) is 69.7 Å². The molecule has 1 amide bonds. The van der Waals surface area contributed by atoms with Crippen molar-refractivity contribution in [3.8, 4) is 28.5 Å². The van der Waals surface area contributed by atoms with Crippen LogP contribution in [0.1, 0.15) is 13.8 Å². The summed E-state index contributed by atoms with van der Waals surface area (Å²) >= 11 is 1.31.